The summed E-state index contributed by atoms with van der Waals surface area (Å²) in [5.74, 6) is 1.38. The quantitative estimate of drug-likeness (QED) is 0.442. The third kappa shape index (κ3) is 5.37. The molecule has 2 aromatic rings. The number of rotatable bonds is 7. The van der Waals surface area contributed by atoms with E-state index in [0.717, 1.165) is 31.3 Å². The topological polar surface area (TPSA) is 68.1 Å². The third-order valence-electron chi connectivity index (χ3n) is 4.80. The number of benzene rings is 1. The van der Waals surface area contributed by atoms with E-state index in [1.54, 1.807) is 18.3 Å². The van der Waals surface area contributed by atoms with Crippen LogP contribution in [0.1, 0.15) is 48.0 Å². The summed E-state index contributed by atoms with van der Waals surface area (Å²) in [5.41, 5.74) is 5.12. The maximum atomic E-state index is 9.07. The first-order chi connectivity index (χ1) is 14.0. The number of allylic oxidation sites excluding steroid dienone is 5. The number of aromatic nitrogens is 3. The van der Waals surface area contributed by atoms with Crippen LogP contribution in [-0.2, 0) is 19.4 Å². The number of aryl methyl sites for hydroxylation is 1. The molecular formula is C22H23Cl2N3O2. The monoisotopic (exact) mass is 431 g/mol. The van der Waals surface area contributed by atoms with E-state index < -0.39 is 0 Å². The summed E-state index contributed by atoms with van der Waals surface area (Å²) in [5, 5.41) is 18.2. The van der Waals surface area contributed by atoms with E-state index in [1.165, 1.54) is 16.7 Å². The molecule has 0 fully saturated rings. The third-order valence-corrected chi connectivity index (χ3v) is 5.39. The largest absolute Gasteiger partial charge is 0.514 e. The molecule has 29 heavy (non-hydrogen) atoms. The fourth-order valence-corrected chi connectivity index (χ4v) is 3.51. The molecule has 1 N–H and O–H groups in total. The van der Waals surface area contributed by atoms with Gasteiger partial charge in [0.2, 0.25) is 0 Å². The van der Waals surface area contributed by atoms with Gasteiger partial charge in [0.1, 0.15) is 18.1 Å². The van der Waals surface area contributed by atoms with Gasteiger partial charge >= 0.3 is 0 Å². The van der Waals surface area contributed by atoms with Crippen molar-refractivity contribution in [3.05, 3.63) is 75.0 Å². The van der Waals surface area contributed by atoms with Crippen molar-refractivity contribution < 1.29 is 9.84 Å². The molecule has 0 spiro atoms. The van der Waals surface area contributed by atoms with Crippen molar-refractivity contribution in [2.24, 2.45) is 0 Å². The van der Waals surface area contributed by atoms with E-state index in [4.69, 9.17) is 33.0 Å². The van der Waals surface area contributed by atoms with E-state index in [1.807, 2.05) is 13.0 Å². The number of aliphatic hydroxyl groups is 1. The van der Waals surface area contributed by atoms with Gasteiger partial charge < -0.3 is 9.84 Å². The summed E-state index contributed by atoms with van der Waals surface area (Å²) < 4.78 is 5.98. The summed E-state index contributed by atoms with van der Waals surface area (Å²) in [6.07, 6.45) is 9.65. The highest BCUT2D eigenvalue weighted by atomic mass is 35.5. The molecule has 0 saturated carbocycles. The minimum absolute atomic E-state index is 0.152. The van der Waals surface area contributed by atoms with E-state index in [9.17, 15) is 0 Å². The summed E-state index contributed by atoms with van der Waals surface area (Å²) in [7, 11) is 0. The molecule has 0 aliphatic heterocycles. The number of ether oxygens (including phenoxy) is 1. The van der Waals surface area contributed by atoms with Crippen LogP contribution in [0.4, 0.5) is 0 Å². The lowest BCUT2D eigenvalue weighted by molar-refractivity contribution is 0.291. The van der Waals surface area contributed by atoms with E-state index in [0.29, 0.717) is 28.5 Å². The lowest BCUT2D eigenvalue weighted by Gasteiger charge is -2.12. The zero-order valence-corrected chi connectivity index (χ0v) is 18.0. The van der Waals surface area contributed by atoms with Crippen molar-refractivity contribution in [3.8, 4) is 5.75 Å². The molecular weight excluding hydrogens is 409 g/mol. The summed E-state index contributed by atoms with van der Waals surface area (Å²) in [4.78, 5) is 4.36. The zero-order valence-electron chi connectivity index (χ0n) is 16.5. The Morgan fingerprint density at radius 1 is 1.17 bits per heavy atom. The second-order valence-corrected chi connectivity index (χ2v) is 7.72. The molecule has 1 heterocycles. The number of nitrogens with zero attached hydrogens (tertiary/aromatic N) is 3. The smallest absolute Gasteiger partial charge is 0.188 e. The van der Waals surface area contributed by atoms with Gasteiger partial charge in [-0.25, -0.2) is 4.98 Å². The molecule has 152 valence electrons. The van der Waals surface area contributed by atoms with Crippen molar-refractivity contribution in [2.75, 3.05) is 0 Å². The van der Waals surface area contributed by atoms with Crippen molar-refractivity contribution in [3.63, 3.8) is 0 Å². The minimum atomic E-state index is 0.152. The molecule has 0 unspecified atom stereocenters. The average molecular weight is 432 g/mol. The lowest BCUT2D eigenvalue weighted by atomic mass is 10.0. The predicted molar refractivity (Wildman–Crippen MR) is 116 cm³/mol. The fourth-order valence-electron chi connectivity index (χ4n) is 3.27. The van der Waals surface area contributed by atoms with Crippen LogP contribution >= 0.6 is 23.2 Å². The number of fused-ring (bicyclic) bond motifs is 1. The Labute approximate surface area is 180 Å². The molecule has 7 heteroatoms. The van der Waals surface area contributed by atoms with Crippen molar-refractivity contribution in [1.29, 1.82) is 0 Å². The summed E-state index contributed by atoms with van der Waals surface area (Å²) in [6.45, 7) is 4.32. The molecule has 5 nitrogen and oxygen atoms in total. The average Bonchev–Trinajstić information content (AvgIpc) is 3.24. The van der Waals surface area contributed by atoms with Gasteiger partial charge in [0, 0.05) is 10.6 Å². The Hall–Kier alpha value is -2.37. The standard InChI is InChI=1S/C22H23Cl2N3O2/c1-3-16(23)9-15(10-17(24)12-28)20-11-25-22(27-26-20)13-29-21-8-7-14(2)18-5-4-6-19(18)21/h7-12,28H,3-6,13H2,1-2H3/b15-10+,16-9+,17-12-. The number of halogens is 2. The van der Waals surface area contributed by atoms with Crippen LogP contribution < -0.4 is 4.74 Å². The van der Waals surface area contributed by atoms with Crippen LogP contribution in [0.5, 0.6) is 5.75 Å². The van der Waals surface area contributed by atoms with Gasteiger partial charge in [-0.05, 0) is 67.5 Å². The van der Waals surface area contributed by atoms with E-state index in [-0.39, 0.29) is 11.6 Å². The van der Waals surface area contributed by atoms with E-state index in [2.05, 4.69) is 28.2 Å². The zero-order chi connectivity index (χ0) is 20.8. The Balaban J connectivity index is 1.76. The highest BCUT2D eigenvalue weighted by molar-refractivity contribution is 6.32. The first kappa shape index (κ1) is 21.3. The molecule has 0 amide bonds. The second-order valence-electron chi connectivity index (χ2n) is 6.80. The van der Waals surface area contributed by atoms with Gasteiger partial charge in [0.25, 0.3) is 0 Å². The van der Waals surface area contributed by atoms with Gasteiger partial charge in [-0.15, -0.1) is 10.2 Å². The molecule has 0 bridgehead atoms. The maximum absolute atomic E-state index is 9.07. The van der Waals surface area contributed by atoms with Crippen LogP contribution in [0.15, 0.2) is 46.8 Å². The molecule has 0 saturated heterocycles. The lowest BCUT2D eigenvalue weighted by Crippen LogP contribution is -2.06. The molecule has 1 aromatic carbocycles. The van der Waals surface area contributed by atoms with Gasteiger partial charge in [0.05, 0.1) is 17.5 Å². The molecule has 3 rings (SSSR count). The van der Waals surface area contributed by atoms with Gasteiger partial charge in [-0.1, -0.05) is 36.2 Å². The van der Waals surface area contributed by atoms with Crippen molar-refractivity contribution in [2.45, 2.75) is 46.1 Å². The molecule has 1 aromatic heterocycles. The highest BCUT2D eigenvalue weighted by Gasteiger charge is 2.18. The van der Waals surface area contributed by atoms with Crippen LogP contribution in [0.2, 0.25) is 0 Å². The maximum Gasteiger partial charge on any atom is 0.188 e. The van der Waals surface area contributed by atoms with Crippen LogP contribution in [-0.4, -0.2) is 20.3 Å². The number of hydrogen-bond acceptors (Lipinski definition) is 5. The van der Waals surface area contributed by atoms with Gasteiger partial charge in [-0.3, -0.25) is 0 Å². The fraction of sp³-hybridized carbons (Fsp3) is 0.318. The normalized spacial score (nSPS) is 14.8. The Kier molecular flexibility index (Phi) is 7.29. The summed E-state index contributed by atoms with van der Waals surface area (Å²) >= 11 is 12.1. The summed E-state index contributed by atoms with van der Waals surface area (Å²) in [6, 6.07) is 4.11. The van der Waals surface area contributed by atoms with E-state index >= 15 is 0 Å². The highest BCUT2D eigenvalue weighted by Crippen LogP contribution is 2.33. The van der Waals surface area contributed by atoms with Crippen molar-refractivity contribution >= 4 is 28.8 Å². The first-order valence-electron chi connectivity index (χ1n) is 9.52. The van der Waals surface area contributed by atoms with Crippen LogP contribution in [0, 0.1) is 6.92 Å². The van der Waals surface area contributed by atoms with Crippen molar-refractivity contribution in [1.82, 2.24) is 15.2 Å². The second kappa shape index (κ2) is 9.90. The number of hydrogen-bond donors (Lipinski definition) is 1. The molecule has 0 atom stereocenters. The number of aliphatic hydroxyl groups excluding tert-OH is 1. The van der Waals surface area contributed by atoms with Gasteiger partial charge in [0.15, 0.2) is 5.82 Å². The minimum Gasteiger partial charge on any atom is -0.514 e. The Bertz CT molecular complexity index is 967. The predicted octanol–water partition coefficient (Wildman–Crippen LogP) is 5.80. The Morgan fingerprint density at radius 3 is 2.66 bits per heavy atom. The molecule has 1 aliphatic carbocycles. The molecule has 1 aliphatic rings. The Morgan fingerprint density at radius 2 is 1.97 bits per heavy atom. The van der Waals surface area contributed by atoms with Crippen LogP contribution in [0.25, 0.3) is 5.57 Å². The van der Waals surface area contributed by atoms with Crippen LogP contribution in [0.3, 0.4) is 0 Å². The first-order valence-corrected chi connectivity index (χ1v) is 10.3. The van der Waals surface area contributed by atoms with Gasteiger partial charge in [-0.2, -0.15) is 0 Å². The molecule has 0 radical (unpaired) electrons. The SMILES string of the molecule is CC\C(Cl)=C/C(=C\C(Cl)=C\O)c1cnc(COc2ccc(C)c3c2CCC3)nn1.